The van der Waals surface area contributed by atoms with Crippen LogP contribution in [0.3, 0.4) is 0 Å². The van der Waals surface area contributed by atoms with Gasteiger partial charge in [-0.3, -0.25) is 0 Å². The van der Waals surface area contributed by atoms with Crippen molar-refractivity contribution in [1.82, 2.24) is 15.4 Å². The Hall–Kier alpha value is -1.64. The smallest absolute Gasteiger partial charge is 0.304 e. The monoisotopic (exact) mass is 253 g/mol. The van der Waals surface area contributed by atoms with Crippen LogP contribution in [0.1, 0.15) is 0 Å². The summed E-state index contributed by atoms with van der Waals surface area (Å²) < 4.78 is 0. The molecular formula is C12H11FeN3. The number of hydrogen-bond acceptors (Lipinski definition) is 2. The van der Waals surface area contributed by atoms with Gasteiger partial charge in [0, 0.05) is 5.69 Å². The first-order chi connectivity index (χ1) is 7.47. The molecule has 0 spiro atoms. The minimum absolute atomic E-state index is 0. The number of aromatic nitrogens is 3. The molecule has 0 saturated carbocycles. The van der Waals surface area contributed by atoms with Gasteiger partial charge < -0.3 is 5.10 Å². The Balaban J connectivity index is 0.000000183. The summed E-state index contributed by atoms with van der Waals surface area (Å²) in [6, 6.07) is 17.9. The van der Waals surface area contributed by atoms with Crippen LogP contribution in [0.2, 0.25) is 0 Å². The van der Waals surface area contributed by atoms with Crippen molar-refractivity contribution in [2.45, 2.75) is 0 Å². The number of nitrogens with zero attached hydrogens (tertiary/aromatic N) is 2. The van der Waals surface area contributed by atoms with Crippen LogP contribution in [-0.2, 0) is 17.1 Å². The summed E-state index contributed by atoms with van der Waals surface area (Å²) in [6.45, 7) is 0. The van der Waals surface area contributed by atoms with Crippen LogP contribution in [0, 0.1) is 0 Å². The predicted molar refractivity (Wildman–Crippen MR) is 59.4 cm³/mol. The van der Waals surface area contributed by atoms with E-state index in [1.807, 2.05) is 54.6 Å². The van der Waals surface area contributed by atoms with Gasteiger partial charge in [-0.05, 0) is 6.20 Å². The van der Waals surface area contributed by atoms with E-state index in [-0.39, 0.29) is 17.1 Å². The third kappa shape index (κ3) is 3.50. The molecule has 1 N–H and O–H groups in total. The fourth-order valence-corrected chi connectivity index (χ4v) is 1.21. The van der Waals surface area contributed by atoms with Crippen molar-refractivity contribution in [1.29, 1.82) is 0 Å². The molecule has 3 aromatic rings. The van der Waals surface area contributed by atoms with Crippen LogP contribution >= 0.6 is 0 Å². The molecule has 3 nitrogen and oxygen atoms in total. The molecule has 0 aliphatic rings. The fraction of sp³-hybridized carbons (Fsp3) is 0. The molecule has 1 aromatic heterocycles. The van der Waals surface area contributed by atoms with E-state index in [4.69, 9.17) is 0 Å². The summed E-state index contributed by atoms with van der Waals surface area (Å²) in [5.41, 5.74) is 2.00. The van der Waals surface area contributed by atoms with Crippen LogP contribution in [0.25, 0.3) is 11.3 Å². The maximum absolute atomic E-state index is 3.85. The molecule has 0 radical (unpaired) electrons. The topological polar surface area (TPSA) is 41.6 Å². The van der Waals surface area contributed by atoms with Gasteiger partial charge in [0.25, 0.3) is 0 Å². The average Bonchev–Trinajstić information content (AvgIpc) is 3.06. The Kier molecular flexibility index (Phi) is 5.26. The largest absolute Gasteiger partial charge is 2.00 e. The van der Waals surface area contributed by atoms with Gasteiger partial charge >= 0.3 is 17.1 Å². The summed E-state index contributed by atoms with van der Waals surface area (Å²) in [5.74, 6) is 0. The van der Waals surface area contributed by atoms with Gasteiger partial charge in [0.2, 0.25) is 0 Å². The molecule has 82 valence electrons. The number of rotatable bonds is 1. The summed E-state index contributed by atoms with van der Waals surface area (Å²) >= 11 is 0. The van der Waals surface area contributed by atoms with Gasteiger partial charge in [-0.2, -0.15) is 35.4 Å². The third-order valence-electron chi connectivity index (χ3n) is 1.93. The number of H-pyrrole nitrogens is 1. The first-order valence-corrected chi connectivity index (χ1v) is 4.72. The summed E-state index contributed by atoms with van der Waals surface area (Å²) in [4.78, 5) is 0. The summed E-state index contributed by atoms with van der Waals surface area (Å²) in [7, 11) is 0. The van der Waals surface area contributed by atoms with Crippen LogP contribution in [0.15, 0.2) is 60.8 Å². The molecule has 0 aliphatic carbocycles. The van der Waals surface area contributed by atoms with E-state index in [0.717, 1.165) is 11.3 Å². The van der Waals surface area contributed by atoms with Crippen LogP contribution in [0.5, 0.6) is 0 Å². The SMILES string of the molecule is [Fe+2].c1cc[c-](-c2c[nH]nn2)c1.c1cc[cH-]c1. The van der Waals surface area contributed by atoms with Crippen molar-refractivity contribution in [2.75, 3.05) is 0 Å². The van der Waals surface area contributed by atoms with Gasteiger partial charge in [0.15, 0.2) is 0 Å². The van der Waals surface area contributed by atoms with Crippen molar-refractivity contribution in [2.24, 2.45) is 0 Å². The maximum Gasteiger partial charge on any atom is 2.00 e. The Morgan fingerprint density at radius 2 is 1.75 bits per heavy atom. The zero-order chi connectivity index (χ0) is 10.3. The van der Waals surface area contributed by atoms with Crippen molar-refractivity contribution in [3.8, 4) is 11.3 Å². The van der Waals surface area contributed by atoms with E-state index in [0.29, 0.717) is 0 Å². The fourth-order valence-electron chi connectivity index (χ4n) is 1.21. The molecule has 4 heteroatoms. The molecule has 0 unspecified atom stereocenters. The molecule has 16 heavy (non-hydrogen) atoms. The second-order valence-electron chi connectivity index (χ2n) is 2.99. The first kappa shape index (κ1) is 12.4. The molecular weight excluding hydrogens is 242 g/mol. The normalized spacial score (nSPS) is 8.75. The van der Waals surface area contributed by atoms with E-state index in [9.17, 15) is 0 Å². The Bertz CT molecular complexity index is 391. The Morgan fingerprint density at radius 3 is 2.19 bits per heavy atom. The minimum Gasteiger partial charge on any atom is -0.304 e. The van der Waals surface area contributed by atoms with E-state index < -0.39 is 0 Å². The third-order valence-corrected chi connectivity index (χ3v) is 1.93. The van der Waals surface area contributed by atoms with Gasteiger partial charge in [-0.15, -0.1) is 12.1 Å². The van der Waals surface area contributed by atoms with Crippen molar-refractivity contribution in [3.05, 3.63) is 60.8 Å². The standard InChI is InChI=1S/C7H6N3.C5H5.Fe/c1-2-4-6(3-1)7-5-8-10-9-7;1-2-4-5-3-1;/h1-5H,(H,8,9,10);1-5H;/q2*-1;+2. The second-order valence-corrected chi connectivity index (χ2v) is 2.99. The molecule has 0 saturated heterocycles. The van der Waals surface area contributed by atoms with Crippen LogP contribution in [0.4, 0.5) is 0 Å². The maximum atomic E-state index is 3.85. The van der Waals surface area contributed by atoms with Crippen molar-refractivity contribution >= 4 is 0 Å². The Morgan fingerprint density at radius 1 is 1.06 bits per heavy atom. The zero-order valence-corrected chi connectivity index (χ0v) is 9.63. The quantitative estimate of drug-likeness (QED) is 0.535. The van der Waals surface area contributed by atoms with E-state index in [1.165, 1.54) is 0 Å². The predicted octanol–water partition coefficient (Wildman–Crippen LogP) is 2.59. The van der Waals surface area contributed by atoms with Crippen molar-refractivity contribution in [3.63, 3.8) is 0 Å². The second kappa shape index (κ2) is 6.77. The number of aromatic amines is 1. The molecule has 0 amide bonds. The van der Waals surface area contributed by atoms with E-state index in [2.05, 4.69) is 15.4 Å². The van der Waals surface area contributed by atoms with Crippen LogP contribution in [-0.4, -0.2) is 15.4 Å². The molecule has 1 heterocycles. The molecule has 3 rings (SSSR count). The summed E-state index contributed by atoms with van der Waals surface area (Å²) in [6.07, 6.45) is 1.77. The Labute approximate surface area is 105 Å². The van der Waals surface area contributed by atoms with E-state index in [1.54, 1.807) is 6.20 Å². The van der Waals surface area contributed by atoms with Gasteiger partial charge in [0.05, 0.1) is 0 Å². The van der Waals surface area contributed by atoms with Gasteiger partial charge in [-0.25, -0.2) is 12.1 Å². The molecule has 0 aliphatic heterocycles. The number of nitrogens with one attached hydrogen (secondary N) is 1. The van der Waals surface area contributed by atoms with Crippen molar-refractivity contribution < 1.29 is 17.1 Å². The molecule has 0 bridgehead atoms. The molecule has 0 atom stereocenters. The van der Waals surface area contributed by atoms with E-state index >= 15 is 0 Å². The van der Waals surface area contributed by atoms with Gasteiger partial charge in [0.1, 0.15) is 0 Å². The van der Waals surface area contributed by atoms with Gasteiger partial charge in [-0.1, -0.05) is 10.8 Å². The van der Waals surface area contributed by atoms with Crippen LogP contribution < -0.4 is 0 Å². The average molecular weight is 253 g/mol. The molecule has 0 fully saturated rings. The number of hydrogen-bond donors (Lipinski definition) is 1. The first-order valence-electron chi connectivity index (χ1n) is 4.72. The zero-order valence-electron chi connectivity index (χ0n) is 8.52. The minimum atomic E-state index is 0. The molecule has 2 aromatic carbocycles. The summed E-state index contributed by atoms with van der Waals surface area (Å²) in [5, 5.41) is 10.1.